The molecule has 32 heteroatoms. The van der Waals surface area contributed by atoms with Gasteiger partial charge in [0.25, 0.3) is 0 Å². The van der Waals surface area contributed by atoms with Crippen molar-refractivity contribution in [3.63, 3.8) is 0 Å². The lowest BCUT2D eigenvalue weighted by Gasteiger charge is -2.09. The van der Waals surface area contributed by atoms with Gasteiger partial charge in [0.1, 0.15) is 0 Å². The van der Waals surface area contributed by atoms with Crippen molar-refractivity contribution in [2.24, 2.45) is 5.41 Å². The molecule has 0 heterocycles. The van der Waals surface area contributed by atoms with Gasteiger partial charge in [-0.2, -0.15) is 5.26 Å². The van der Waals surface area contributed by atoms with Crippen LogP contribution >= 0.6 is 0 Å². The van der Waals surface area contributed by atoms with Gasteiger partial charge in [0.15, 0.2) is 0 Å². The SMILES string of the molecule is CC1(C#N)CCCC1.S=S=S=S=S=S=S=S=S=S=S=S=S=S=S=S=S=S=S=S=S=S=S=S=S=S=S=S=S=S=S. The molecule has 1 aliphatic carbocycles. The minimum Gasteiger partial charge on any atom is -0.198 e. The van der Waals surface area contributed by atoms with E-state index in [1.54, 1.807) is 107 Å². The molecule has 0 aromatic rings. The number of nitrogens with zero attached hydrogens (tertiary/aromatic N) is 1. The number of hydrogen-bond acceptors (Lipinski definition) is 3. The molecule has 230 valence electrons. The van der Waals surface area contributed by atoms with Crippen molar-refractivity contribution in [3.05, 3.63) is 0 Å². The van der Waals surface area contributed by atoms with Crippen LogP contribution in [-0.2, 0) is 280 Å². The Hall–Kier alpha value is 6.31. The average molecular weight is 1100 g/mol. The molecule has 1 fully saturated rings. The largest absolute Gasteiger partial charge is 0.198 e. The highest BCUT2D eigenvalue weighted by atomic mass is 33.5. The maximum atomic E-state index is 8.58. The highest BCUT2D eigenvalue weighted by molar-refractivity contribution is 8.80. The fourth-order valence-electron chi connectivity index (χ4n) is 1.57. The summed E-state index contributed by atoms with van der Waals surface area (Å²) in [6.45, 7) is 2.06. The van der Waals surface area contributed by atoms with E-state index in [-0.39, 0.29) is 5.41 Å². The molecule has 1 saturated carbocycles. The minimum absolute atomic E-state index is 0.0417. The minimum atomic E-state index is 0.0417. The molecule has 0 aromatic heterocycles. The van der Waals surface area contributed by atoms with E-state index in [1.165, 1.54) is 30.6 Å². The van der Waals surface area contributed by atoms with Gasteiger partial charge < -0.3 is 0 Å². The molecule has 0 saturated heterocycles. The van der Waals surface area contributed by atoms with Gasteiger partial charge in [0.2, 0.25) is 0 Å². The molecule has 1 rings (SSSR count). The van der Waals surface area contributed by atoms with Crippen molar-refractivity contribution in [1.29, 1.82) is 5.26 Å². The maximum absolute atomic E-state index is 8.58. The van der Waals surface area contributed by atoms with Crippen LogP contribution in [0, 0.1) is 16.7 Å². The van der Waals surface area contributed by atoms with E-state index in [2.05, 4.69) is 13.0 Å². The fourth-order valence-corrected chi connectivity index (χ4v) is 75.7. The van der Waals surface area contributed by atoms with Crippen LogP contribution < -0.4 is 0 Å². The van der Waals surface area contributed by atoms with Crippen molar-refractivity contribution in [2.45, 2.75) is 32.6 Å². The first-order valence-corrected chi connectivity index (χ1v) is 48.2. The predicted molar refractivity (Wildman–Crippen MR) is 261 cm³/mol. The molecule has 1 nitrogen and oxygen atoms in total. The van der Waals surface area contributed by atoms with Gasteiger partial charge in [0, 0.05) is 280 Å². The van der Waals surface area contributed by atoms with Crippen molar-refractivity contribution >= 4 is 280 Å². The van der Waals surface area contributed by atoms with Gasteiger partial charge in [0.05, 0.1) is 11.5 Å². The zero-order valence-electron chi connectivity index (χ0n) is 17.9. The molecule has 0 unspecified atom stereocenters. The van der Waals surface area contributed by atoms with Crippen LogP contribution in [0.5, 0.6) is 0 Å². The zero-order valence-corrected chi connectivity index (χ0v) is 43.2. The lowest BCUT2D eigenvalue weighted by Crippen LogP contribution is -2.05. The number of hydrogen-bond donors (Lipinski definition) is 0. The summed E-state index contributed by atoms with van der Waals surface area (Å²) in [6.07, 6.45) is 4.74. The van der Waals surface area contributed by atoms with Crippen LogP contribution in [0.3, 0.4) is 0 Å². The van der Waals surface area contributed by atoms with E-state index in [0.29, 0.717) is 0 Å². The van der Waals surface area contributed by atoms with Gasteiger partial charge >= 0.3 is 0 Å². The highest BCUT2D eigenvalue weighted by Crippen LogP contribution is 2.36. The van der Waals surface area contributed by atoms with Crippen molar-refractivity contribution in [1.82, 2.24) is 0 Å². The smallest absolute Gasteiger partial charge is 0.0686 e. The van der Waals surface area contributed by atoms with Gasteiger partial charge in [-0.05, 0) is 19.8 Å². The Morgan fingerprint density at radius 3 is 0.718 bits per heavy atom. The normalized spacial score (nSPS) is 11.2. The maximum Gasteiger partial charge on any atom is 0.0686 e. The molecule has 0 N–H and O–H groups in total. The summed E-state index contributed by atoms with van der Waals surface area (Å²) < 4.78 is 0. The first-order valence-electron chi connectivity index (χ1n) is 8.18. The molecule has 0 aliphatic heterocycles. The second kappa shape index (κ2) is 38.8. The molecule has 39 heavy (non-hydrogen) atoms. The van der Waals surface area contributed by atoms with Gasteiger partial charge in [-0.25, -0.2) is 0 Å². The lowest BCUT2D eigenvalue weighted by atomic mass is 9.91. The summed E-state index contributed by atoms with van der Waals surface area (Å²) in [7, 11) is 50.9. The van der Waals surface area contributed by atoms with E-state index >= 15 is 0 Å². The predicted octanol–water partition coefficient (Wildman–Crippen LogP) is 2.02. The van der Waals surface area contributed by atoms with Crippen LogP contribution in [0.25, 0.3) is 0 Å². The van der Waals surface area contributed by atoms with Crippen LogP contribution in [0.2, 0.25) is 0 Å². The molecular weight excluding hydrogens is 1090 g/mol. The Morgan fingerprint density at radius 1 is 0.410 bits per heavy atom. The number of nitriles is 1. The summed E-state index contributed by atoms with van der Waals surface area (Å²) in [5, 5.41) is 8.58. The molecule has 0 bridgehead atoms. The average Bonchev–Trinajstić information content (AvgIpc) is 3.40. The van der Waals surface area contributed by atoms with Crippen LogP contribution in [0.4, 0.5) is 0 Å². The molecule has 0 aromatic carbocycles. The van der Waals surface area contributed by atoms with Crippen LogP contribution in [-0.4, -0.2) is 0 Å². The second-order valence-electron chi connectivity index (χ2n) is 4.85. The Bertz CT molecular complexity index is 2020. The Morgan fingerprint density at radius 2 is 0.590 bits per heavy atom. The van der Waals surface area contributed by atoms with E-state index < -0.39 is 0 Å². The third-order valence-electron chi connectivity index (χ3n) is 2.75. The van der Waals surface area contributed by atoms with Crippen molar-refractivity contribution in [2.75, 3.05) is 0 Å². The third kappa shape index (κ3) is 37.0. The van der Waals surface area contributed by atoms with E-state index in [1.807, 2.05) is 133 Å². The Balaban J connectivity index is 0.00000152. The molecule has 1 aliphatic rings. The molecule has 0 radical (unpaired) electrons. The topological polar surface area (TPSA) is 23.8 Å². The monoisotopic (exact) mass is 1100 g/mol. The lowest BCUT2D eigenvalue weighted by molar-refractivity contribution is 0.462. The summed E-state index contributed by atoms with van der Waals surface area (Å²) >= 11 is 9.58. The summed E-state index contributed by atoms with van der Waals surface area (Å²) in [6, 6.07) is 2.34. The van der Waals surface area contributed by atoms with Gasteiger partial charge in [-0.1, -0.05) is 12.8 Å². The molecule has 0 amide bonds. The first-order chi connectivity index (χ1) is 19.2. The van der Waals surface area contributed by atoms with Crippen LogP contribution in [0.15, 0.2) is 0 Å². The third-order valence-corrected chi connectivity index (χ3v) is 65.0. The molecule has 0 spiro atoms. The van der Waals surface area contributed by atoms with E-state index in [4.69, 9.17) is 27.6 Å². The summed E-state index contributed by atoms with van der Waals surface area (Å²) in [5.41, 5.74) is 0.0417. The number of rotatable bonds is 0. The Labute approximate surface area is 321 Å². The van der Waals surface area contributed by atoms with Crippen molar-refractivity contribution in [3.8, 4) is 6.07 Å². The molecule has 0 atom stereocenters. The second-order valence-corrected chi connectivity index (χ2v) is 56.2. The van der Waals surface area contributed by atoms with Gasteiger partial charge in [-0.15, -0.1) is 0 Å². The first kappa shape index (κ1) is 45.3. The van der Waals surface area contributed by atoms with Gasteiger partial charge in [-0.3, -0.25) is 0 Å². The van der Waals surface area contributed by atoms with Crippen molar-refractivity contribution < 1.29 is 0 Å². The summed E-state index contributed by atoms with van der Waals surface area (Å²) in [5.74, 6) is 0. The fraction of sp³-hybridized carbons (Fsp3) is 0.857. The quantitative estimate of drug-likeness (QED) is 0.372. The summed E-state index contributed by atoms with van der Waals surface area (Å²) in [4.78, 5) is 0. The van der Waals surface area contributed by atoms with Crippen LogP contribution in [0.1, 0.15) is 32.6 Å². The highest BCUT2D eigenvalue weighted by Gasteiger charge is 2.27. The Kier molecular flexibility index (Phi) is 45.0. The molecular formula is C7H11NS31. The van der Waals surface area contributed by atoms with E-state index in [0.717, 1.165) is 12.8 Å². The standard InChI is InChI=1S/C7H11N.S31/c1-7(6-8)4-2-3-5-7;1-3-5-7-9-11-13-15-17-19-21-23-25-27-29-31-30-28-26-24-22-20-18-16-14-12-10-8-6-4-2/h2-5H2,1H3;. The zero-order chi connectivity index (χ0) is 28.5. The van der Waals surface area contributed by atoms with E-state index in [9.17, 15) is 0 Å².